The molecule has 0 bridgehead atoms. The van der Waals surface area contributed by atoms with Crippen LogP contribution in [0.4, 0.5) is 0 Å². The van der Waals surface area contributed by atoms with Crippen LogP contribution in [0.5, 0.6) is 0 Å². The Hall–Kier alpha value is -0.220. The van der Waals surface area contributed by atoms with E-state index in [1.165, 1.54) is 6.42 Å². The van der Waals surface area contributed by atoms with E-state index in [1.54, 1.807) is 0 Å². The Morgan fingerprint density at radius 2 is 2.11 bits per heavy atom. The summed E-state index contributed by atoms with van der Waals surface area (Å²) in [5.41, 5.74) is 0.0252. The van der Waals surface area contributed by atoms with Crippen LogP contribution >= 0.6 is 11.8 Å². The van der Waals surface area contributed by atoms with E-state index in [0.717, 1.165) is 31.8 Å². The summed E-state index contributed by atoms with van der Waals surface area (Å²) in [5, 5.41) is 3.48. The molecule has 0 saturated carbocycles. The van der Waals surface area contributed by atoms with Crippen molar-refractivity contribution in [3.8, 4) is 0 Å². The van der Waals surface area contributed by atoms with Gasteiger partial charge >= 0.3 is 0 Å². The van der Waals surface area contributed by atoms with E-state index in [0.29, 0.717) is 17.7 Å². The number of amides is 1. The lowest BCUT2D eigenvalue weighted by Gasteiger charge is -2.39. The van der Waals surface area contributed by atoms with Gasteiger partial charge in [0, 0.05) is 25.2 Å². The minimum Gasteiger partial charge on any atom is -0.336 e. The molecule has 0 aromatic rings. The maximum Gasteiger partial charge on any atom is 0.238 e. The SMILES string of the molecule is CC1(C(=O)N2CC3CNCC3C2(C)C)CCCS1. The van der Waals surface area contributed by atoms with Crippen molar-refractivity contribution in [3.63, 3.8) is 0 Å². The molecule has 0 aromatic heterocycles. The third-order valence-corrected chi connectivity index (χ3v) is 6.79. The second-order valence-electron chi connectivity index (χ2n) is 6.78. The van der Waals surface area contributed by atoms with Crippen LogP contribution in [0.2, 0.25) is 0 Å². The predicted octanol–water partition coefficient (Wildman–Crippen LogP) is 1.73. The van der Waals surface area contributed by atoms with Crippen LogP contribution < -0.4 is 5.32 Å². The number of thioether (sulfide) groups is 1. The van der Waals surface area contributed by atoms with Crippen molar-refractivity contribution in [1.82, 2.24) is 10.2 Å². The Morgan fingerprint density at radius 3 is 2.72 bits per heavy atom. The number of hydrogen-bond acceptors (Lipinski definition) is 3. The highest BCUT2D eigenvalue weighted by molar-refractivity contribution is 8.01. The molecule has 0 aromatic carbocycles. The fourth-order valence-electron chi connectivity index (χ4n) is 4.00. The number of carbonyl (C=O) groups excluding carboxylic acids is 1. The Balaban J connectivity index is 1.82. The highest BCUT2D eigenvalue weighted by atomic mass is 32.2. The van der Waals surface area contributed by atoms with Gasteiger partial charge in [-0.05, 0) is 51.2 Å². The fraction of sp³-hybridized carbons (Fsp3) is 0.929. The molecule has 0 spiro atoms. The molecule has 3 fully saturated rings. The van der Waals surface area contributed by atoms with Gasteiger partial charge in [0.05, 0.1) is 4.75 Å². The maximum atomic E-state index is 12.9. The zero-order chi connectivity index (χ0) is 13.0. The molecule has 1 N–H and O–H groups in total. The molecule has 3 aliphatic rings. The second kappa shape index (κ2) is 4.14. The van der Waals surface area contributed by atoms with Crippen LogP contribution in [0.1, 0.15) is 33.6 Å². The van der Waals surface area contributed by atoms with Crippen molar-refractivity contribution in [3.05, 3.63) is 0 Å². The van der Waals surface area contributed by atoms with Crippen molar-refractivity contribution in [2.75, 3.05) is 25.4 Å². The Morgan fingerprint density at radius 1 is 1.33 bits per heavy atom. The van der Waals surface area contributed by atoms with Crippen LogP contribution in [0.3, 0.4) is 0 Å². The van der Waals surface area contributed by atoms with Crippen molar-refractivity contribution in [1.29, 1.82) is 0 Å². The molecule has 3 rings (SSSR count). The number of likely N-dealkylation sites (tertiary alicyclic amines) is 1. The molecule has 102 valence electrons. The first-order valence-electron chi connectivity index (χ1n) is 7.12. The summed E-state index contributed by atoms with van der Waals surface area (Å²) in [6.07, 6.45) is 2.24. The molecule has 1 amide bonds. The van der Waals surface area contributed by atoms with Crippen LogP contribution in [-0.2, 0) is 4.79 Å². The second-order valence-corrected chi connectivity index (χ2v) is 8.38. The highest BCUT2D eigenvalue weighted by Crippen LogP contribution is 2.46. The predicted molar refractivity (Wildman–Crippen MR) is 75.7 cm³/mol. The van der Waals surface area contributed by atoms with E-state index in [1.807, 2.05) is 11.8 Å². The van der Waals surface area contributed by atoms with Gasteiger partial charge in [-0.2, -0.15) is 0 Å². The van der Waals surface area contributed by atoms with Crippen molar-refractivity contribution >= 4 is 17.7 Å². The van der Waals surface area contributed by atoms with Gasteiger partial charge in [-0.15, -0.1) is 11.8 Å². The summed E-state index contributed by atoms with van der Waals surface area (Å²) in [7, 11) is 0. The van der Waals surface area contributed by atoms with E-state index in [2.05, 4.69) is 31.0 Å². The average molecular weight is 268 g/mol. The Labute approximate surface area is 114 Å². The van der Waals surface area contributed by atoms with Gasteiger partial charge in [-0.25, -0.2) is 0 Å². The molecule has 3 nitrogen and oxygen atoms in total. The zero-order valence-electron chi connectivity index (χ0n) is 11.7. The van der Waals surface area contributed by atoms with Gasteiger partial charge in [0.2, 0.25) is 5.91 Å². The molecule has 18 heavy (non-hydrogen) atoms. The van der Waals surface area contributed by atoms with Crippen LogP contribution in [-0.4, -0.2) is 46.5 Å². The quantitative estimate of drug-likeness (QED) is 0.786. The van der Waals surface area contributed by atoms with Gasteiger partial charge in [-0.3, -0.25) is 4.79 Å². The number of carbonyl (C=O) groups is 1. The molecular weight excluding hydrogens is 244 g/mol. The molecule has 0 radical (unpaired) electrons. The smallest absolute Gasteiger partial charge is 0.238 e. The average Bonchev–Trinajstić information content (AvgIpc) is 2.97. The zero-order valence-corrected chi connectivity index (χ0v) is 12.5. The summed E-state index contributed by atoms with van der Waals surface area (Å²) < 4.78 is -0.149. The lowest BCUT2D eigenvalue weighted by atomic mass is 9.84. The first-order chi connectivity index (χ1) is 8.45. The lowest BCUT2D eigenvalue weighted by Crippen LogP contribution is -2.53. The number of nitrogens with zero attached hydrogens (tertiary/aromatic N) is 1. The van der Waals surface area contributed by atoms with Crippen molar-refractivity contribution in [2.45, 2.75) is 43.9 Å². The fourth-order valence-corrected chi connectivity index (χ4v) is 5.26. The van der Waals surface area contributed by atoms with Gasteiger partial charge in [-0.1, -0.05) is 0 Å². The van der Waals surface area contributed by atoms with Gasteiger partial charge in [0.15, 0.2) is 0 Å². The molecular formula is C14H24N2OS. The van der Waals surface area contributed by atoms with Gasteiger partial charge in [0.1, 0.15) is 0 Å². The normalized spacial score (nSPS) is 42.3. The minimum atomic E-state index is -0.149. The van der Waals surface area contributed by atoms with E-state index in [4.69, 9.17) is 0 Å². The Kier molecular flexibility index (Phi) is 2.94. The molecule has 3 aliphatic heterocycles. The summed E-state index contributed by atoms with van der Waals surface area (Å²) in [4.78, 5) is 15.1. The van der Waals surface area contributed by atoms with Crippen molar-refractivity contribution < 1.29 is 4.79 Å². The molecule has 0 aliphatic carbocycles. The monoisotopic (exact) mass is 268 g/mol. The minimum absolute atomic E-state index is 0.0252. The van der Waals surface area contributed by atoms with Crippen molar-refractivity contribution in [2.24, 2.45) is 11.8 Å². The van der Waals surface area contributed by atoms with E-state index >= 15 is 0 Å². The molecule has 3 unspecified atom stereocenters. The standard InChI is InChI=1S/C14H24N2OS/c1-13(2)11-8-15-7-10(11)9-16(13)12(17)14(3)5-4-6-18-14/h10-11,15H,4-9H2,1-3H3. The Bertz CT molecular complexity index is 363. The topological polar surface area (TPSA) is 32.3 Å². The number of hydrogen-bond donors (Lipinski definition) is 1. The largest absolute Gasteiger partial charge is 0.336 e. The number of rotatable bonds is 1. The third kappa shape index (κ3) is 1.72. The highest BCUT2D eigenvalue weighted by Gasteiger charge is 2.54. The number of fused-ring (bicyclic) bond motifs is 1. The summed E-state index contributed by atoms with van der Waals surface area (Å²) in [6.45, 7) is 9.78. The molecule has 3 saturated heterocycles. The lowest BCUT2D eigenvalue weighted by molar-refractivity contribution is -0.137. The van der Waals surface area contributed by atoms with Gasteiger partial charge in [0.25, 0.3) is 0 Å². The first-order valence-corrected chi connectivity index (χ1v) is 8.10. The first kappa shape index (κ1) is 12.8. The molecule has 4 heteroatoms. The molecule has 3 heterocycles. The number of nitrogens with one attached hydrogen (secondary N) is 1. The van der Waals surface area contributed by atoms with Crippen LogP contribution in [0.25, 0.3) is 0 Å². The summed E-state index contributed by atoms with van der Waals surface area (Å²) >= 11 is 1.86. The van der Waals surface area contributed by atoms with Crippen LogP contribution in [0, 0.1) is 11.8 Å². The maximum absolute atomic E-state index is 12.9. The van der Waals surface area contributed by atoms with E-state index in [9.17, 15) is 4.79 Å². The summed E-state index contributed by atoms with van der Waals surface area (Å²) in [6, 6.07) is 0. The van der Waals surface area contributed by atoms with E-state index in [-0.39, 0.29) is 10.3 Å². The van der Waals surface area contributed by atoms with Crippen LogP contribution in [0.15, 0.2) is 0 Å². The summed E-state index contributed by atoms with van der Waals surface area (Å²) in [5.74, 6) is 2.84. The molecule has 3 atom stereocenters. The van der Waals surface area contributed by atoms with Gasteiger partial charge < -0.3 is 10.2 Å². The van der Waals surface area contributed by atoms with E-state index < -0.39 is 0 Å². The third-order valence-electron chi connectivity index (χ3n) is 5.28.